The molecule has 0 N–H and O–H groups in total. The van der Waals surface area contributed by atoms with Gasteiger partial charge < -0.3 is 14.4 Å². The molecule has 2 aliphatic rings. The number of piperidine rings is 1. The van der Waals surface area contributed by atoms with Crippen molar-refractivity contribution >= 4 is 41.3 Å². The van der Waals surface area contributed by atoms with Crippen LogP contribution in [-0.2, 0) is 19.1 Å². The number of esters is 1. The Morgan fingerprint density at radius 2 is 2.07 bits per heavy atom. The van der Waals surface area contributed by atoms with Crippen LogP contribution in [0.15, 0.2) is 23.1 Å². The summed E-state index contributed by atoms with van der Waals surface area (Å²) in [6.45, 7) is 2.88. The highest BCUT2D eigenvalue weighted by Gasteiger charge is 2.44. The number of rotatable bonds is 6. The van der Waals surface area contributed by atoms with Gasteiger partial charge >= 0.3 is 12.1 Å². The maximum absolute atomic E-state index is 13.1. The van der Waals surface area contributed by atoms with E-state index in [-0.39, 0.29) is 35.9 Å². The Bertz CT molecular complexity index is 788. The van der Waals surface area contributed by atoms with Crippen LogP contribution in [-0.4, -0.2) is 71.9 Å². The summed E-state index contributed by atoms with van der Waals surface area (Å²) in [6, 6.07) is 3.17. The van der Waals surface area contributed by atoms with Crippen LogP contribution in [0.1, 0.15) is 19.8 Å². The Labute approximate surface area is 177 Å². The molecule has 29 heavy (non-hydrogen) atoms. The summed E-state index contributed by atoms with van der Waals surface area (Å²) in [7, 11) is 0. The van der Waals surface area contributed by atoms with Crippen molar-refractivity contribution in [3.8, 4) is 0 Å². The second-order valence-corrected chi connectivity index (χ2v) is 8.15. The molecule has 0 unspecified atom stereocenters. The third-order valence-corrected chi connectivity index (χ3v) is 6.41. The first-order chi connectivity index (χ1) is 13.9. The summed E-state index contributed by atoms with van der Waals surface area (Å²) in [5.74, 6) is -0.758. The summed E-state index contributed by atoms with van der Waals surface area (Å²) in [6.07, 6.45) is 0.589. The highest BCUT2D eigenvalue weighted by Crippen LogP contribution is 2.29. The summed E-state index contributed by atoms with van der Waals surface area (Å²) >= 11 is 7.25. The predicted molar refractivity (Wildman–Crippen MR) is 105 cm³/mol. The van der Waals surface area contributed by atoms with E-state index in [2.05, 4.69) is 0 Å². The van der Waals surface area contributed by atoms with Crippen LogP contribution in [0.25, 0.3) is 0 Å². The molecule has 2 saturated heterocycles. The molecular weight excluding hydrogens is 423 g/mol. The van der Waals surface area contributed by atoms with Gasteiger partial charge in [-0.05, 0) is 38.0 Å². The first-order valence-corrected chi connectivity index (χ1v) is 10.7. The van der Waals surface area contributed by atoms with E-state index in [1.165, 1.54) is 28.8 Å². The Kier molecular flexibility index (Phi) is 7.23. The van der Waals surface area contributed by atoms with Gasteiger partial charge in [0, 0.05) is 24.0 Å². The molecule has 10 heteroatoms. The van der Waals surface area contributed by atoms with Crippen molar-refractivity contribution in [2.75, 3.05) is 32.1 Å². The molecule has 158 valence electrons. The molecule has 0 aromatic heterocycles. The molecule has 7 nitrogen and oxygen atoms in total. The Hall–Kier alpha value is -2.00. The van der Waals surface area contributed by atoms with Gasteiger partial charge in [0.1, 0.15) is 12.4 Å². The largest absolute Gasteiger partial charge is 0.464 e. The van der Waals surface area contributed by atoms with Crippen LogP contribution in [0.3, 0.4) is 0 Å². The Morgan fingerprint density at radius 3 is 2.72 bits per heavy atom. The molecule has 0 saturated carbocycles. The first-order valence-electron chi connectivity index (χ1n) is 9.38. The number of carbonyl (C=O) groups is 3. The van der Waals surface area contributed by atoms with Gasteiger partial charge in [0.2, 0.25) is 5.91 Å². The van der Waals surface area contributed by atoms with E-state index in [0.29, 0.717) is 30.8 Å². The highest BCUT2D eigenvalue weighted by atomic mass is 35.5. The molecule has 0 aliphatic carbocycles. The van der Waals surface area contributed by atoms with Crippen LogP contribution in [0.2, 0.25) is 5.02 Å². The van der Waals surface area contributed by atoms with Crippen LogP contribution < -0.4 is 0 Å². The molecule has 0 spiro atoms. The van der Waals surface area contributed by atoms with Gasteiger partial charge in [-0.1, -0.05) is 11.6 Å². The first kappa shape index (κ1) is 21.7. The predicted octanol–water partition coefficient (Wildman–Crippen LogP) is 2.95. The number of carbonyl (C=O) groups excluding carboxylic acids is 3. The van der Waals surface area contributed by atoms with Gasteiger partial charge in [-0.2, -0.15) is 0 Å². The van der Waals surface area contributed by atoms with Gasteiger partial charge in [-0.25, -0.2) is 14.0 Å². The lowest BCUT2D eigenvalue weighted by atomic mass is 10.0. The molecule has 1 aromatic carbocycles. The number of hydrogen-bond donors (Lipinski definition) is 0. The fourth-order valence-electron chi connectivity index (χ4n) is 3.47. The average Bonchev–Trinajstić information content (AvgIpc) is 3.09. The number of cyclic esters (lactones) is 1. The van der Waals surface area contributed by atoms with Crippen molar-refractivity contribution in [3.05, 3.63) is 29.0 Å². The maximum Gasteiger partial charge on any atom is 0.410 e. The quantitative estimate of drug-likeness (QED) is 0.496. The smallest absolute Gasteiger partial charge is 0.410 e. The van der Waals surface area contributed by atoms with E-state index < -0.39 is 23.9 Å². The maximum atomic E-state index is 13.1. The van der Waals surface area contributed by atoms with E-state index in [1.54, 1.807) is 17.9 Å². The molecule has 2 fully saturated rings. The summed E-state index contributed by atoms with van der Waals surface area (Å²) in [4.78, 5) is 40.5. The van der Waals surface area contributed by atoms with Crippen molar-refractivity contribution in [2.24, 2.45) is 0 Å². The van der Waals surface area contributed by atoms with E-state index in [1.807, 2.05) is 0 Å². The minimum absolute atomic E-state index is 0.00805. The zero-order valence-corrected chi connectivity index (χ0v) is 17.5. The number of amides is 2. The van der Waals surface area contributed by atoms with E-state index in [0.717, 1.165) is 0 Å². The molecule has 0 bridgehead atoms. The number of ether oxygens (including phenoxy) is 2. The fraction of sp³-hybridized carbons (Fsp3) is 0.526. The van der Waals surface area contributed by atoms with Crippen molar-refractivity contribution in [1.82, 2.24) is 9.80 Å². The van der Waals surface area contributed by atoms with Crippen LogP contribution in [0.5, 0.6) is 0 Å². The lowest BCUT2D eigenvalue weighted by Crippen LogP contribution is -2.52. The Morgan fingerprint density at radius 1 is 1.34 bits per heavy atom. The van der Waals surface area contributed by atoms with Gasteiger partial charge in [0.25, 0.3) is 0 Å². The number of halogens is 2. The minimum Gasteiger partial charge on any atom is -0.464 e. The Balaban J connectivity index is 1.52. The molecular formula is C19H22ClFN2O5S. The van der Waals surface area contributed by atoms with Crippen molar-refractivity contribution in [1.29, 1.82) is 0 Å². The SMILES string of the molecule is CCOC(=O)[C@@H]1COC(=O)N1C1CCN(C(=O)CSc2ccc(F)cc2Cl)CC1. The van der Waals surface area contributed by atoms with Crippen LogP contribution >= 0.6 is 23.4 Å². The lowest BCUT2D eigenvalue weighted by molar-refractivity contribution is -0.148. The molecule has 2 aliphatic heterocycles. The molecule has 3 rings (SSSR count). The van der Waals surface area contributed by atoms with Crippen molar-refractivity contribution in [3.63, 3.8) is 0 Å². The zero-order chi connectivity index (χ0) is 21.0. The van der Waals surface area contributed by atoms with Crippen LogP contribution in [0, 0.1) is 5.82 Å². The number of benzene rings is 1. The molecule has 2 heterocycles. The third-order valence-electron chi connectivity index (χ3n) is 4.93. The number of nitrogens with zero attached hydrogens (tertiary/aromatic N) is 2. The summed E-state index contributed by atoms with van der Waals surface area (Å²) < 4.78 is 23.2. The summed E-state index contributed by atoms with van der Waals surface area (Å²) in [5.41, 5.74) is 0. The topological polar surface area (TPSA) is 76.2 Å². The van der Waals surface area contributed by atoms with Crippen LogP contribution in [0.4, 0.5) is 9.18 Å². The third kappa shape index (κ3) is 5.14. The molecule has 0 radical (unpaired) electrons. The van der Waals surface area contributed by atoms with Gasteiger partial charge in [0.05, 0.1) is 17.4 Å². The van der Waals surface area contributed by atoms with Gasteiger partial charge in [0.15, 0.2) is 6.04 Å². The van der Waals surface area contributed by atoms with Gasteiger partial charge in [-0.15, -0.1) is 11.8 Å². The minimum atomic E-state index is -0.731. The molecule has 1 atom stereocenters. The number of hydrogen-bond acceptors (Lipinski definition) is 6. The zero-order valence-electron chi connectivity index (χ0n) is 15.9. The standard InChI is InChI=1S/C19H22ClFN2O5S/c1-2-27-18(25)15-10-28-19(26)23(15)13-5-7-22(8-6-13)17(24)11-29-16-4-3-12(21)9-14(16)20/h3-4,9,13,15H,2,5-8,10-11H2,1H3/t15-/m0/s1. The second-order valence-electron chi connectivity index (χ2n) is 6.73. The summed E-state index contributed by atoms with van der Waals surface area (Å²) in [5, 5.41) is 0.277. The monoisotopic (exact) mass is 444 g/mol. The number of likely N-dealkylation sites (tertiary alicyclic amines) is 1. The molecule has 2 amide bonds. The molecule has 1 aromatic rings. The highest BCUT2D eigenvalue weighted by molar-refractivity contribution is 8.00. The van der Waals surface area contributed by atoms with E-state index in [4.69, 9.17) is 21.1 Å². The van der Waals surface area contributed by atoms with Gasteiger partial charge in [-0.3, -0.25) is 9.69 Å². The van der Waals surface area contributed by atoms with Crippen molar-refractivity contribution < 1.29 is 28.2 Å². The second kappa shape index (κ2) is 9.67. The number of thioether (sulfide) groups is 1. The average molecular weight is 445 g/mol. The van der Waals surface area contributed by atoms with E-state index >= 15 is 0 Å². The lowest BCUT2D eigenvalue weighted by Gasteiger charge is -2.37. The fourth-order valence-corrected chi connectivity index (χ4v) is 4.63. The van der Waals surface area contributed by atoms with E-state index in [9.17, 15) is 18.8 Å². The van der Waals surface area contributed by atoms with Crippen molar-refractivity contribution in [2.45, 2.75) is 36.7 Å². The normalized spacial score (nSPS) is 20.0.